The van der Waals surface area contributed by atoms with Gasteiger partial charge in [-0.25, -0.2) is 8.42 Å². The first-order valence-corrected chi connectivity index (χ1v) is 19.7. The lowest BCUT2D eigenvalue weighted by Crippen LogP contribution is -2.68. The molecule has 2 aliphatic rings. The van der Waals surface area contributed by atoms with E-state index in [1.165, 1.54) is 4.90 Å². The highest BCUT2D eigenvalue weighted by atomic mass is 35.5. The van der Waals surface area contributed by atoms with Crippen molar-refractivity contribution in [1.82, 2.24) is 19.5 Å². The molecule has 53 heavy (non-hydrogen) atoms. The van der Waals surface area contributed by atoms with Gasteiger partial charge in [0.2, 0.25) is 21.5 Å². The molecule has 2 aliphatic heterocycles. The highest BCUT2D eigenvalue weighted by Gasteiger charge is 2.57. The zero-order valence-electron chi connectivity index (χ0n) is 28.4. The fourth-order valence-electron chi connectivity index (χ4n) is 7.08. The number of nitrogens with zero attached hydrogens (tertiary/aromatic N) is 3. The molecule has 19 heteroatoms. The molecule has 0 spiro atoms. The number of hydrogen-bond donors (Lipinski definition) is 1. The quantitative estimate of drug-likeness (QED) is 0.218. The van der Waals surface area contributed by atoms with E-state index in [-0.39, 0.29) is 63.8 Å². The van der Waals surface area contributed by atoms with Crippen LogP contribution in [0.1, 0.15) is 83.5 Å². The zero-order valence-corrected chi connectivity index (χ0v) is 30.8. The Morgan fingerprint density at radius 1 is 1.06 bits per heavy atom. The second kappa shape index (κ2) is 15.5. The molecule has 0 aliphatic carbocycles. The summed E-state index contributed by atoms with van der Waals surface area (Å²) in [4.78, 5) is 47.3. The number of rotatable bonds is 10. The Bertz CT molecular complexity index is 1970. The average molecular weight is 809 g/mol. The number of thiophene rings is 1. The second-order valence-electron chi connectivity index (χ2n) is 12.9. The smallest absolute Gasteiger partial charge is 0.425 e. The first-order valence-electron chi connectivity index (χ1n) is 16.5. The molecule has 4 heterocycles. The van der Waals surface area contributed by atoms with Gasteiger partial charge in [0, 0.05) is 48.6 Å². The number of alkyl halides is 6. The number of nitrogens with one attached hydrogen (secondary N) is 1. The summed E-state index contributed by atoms with van der Waals surface area (Å²) in [6, 6.07) is 5.19. The molecule has 0 saturated carbocycles. The minimum atomic E-state index is -4.95. The summed E-state index contributed by atoms with van der Waals surface area (Å²) in [5, 5.41) is 1.47. The molecule has 1 N–H and O–H groups in total. The van der Waals surface area contributed by atoms with E-state index in [4.69, 9.17) is 16.3 Å². The van der Waals surface area contributed by atoms with Crippen molar-refractivity contribution in [2.75, 3.05) is 19.3 Å². The summed E-state index contributed by atoms with van der Waals surface area (Å²) in [7, 11) is -3.92. The van der Waals surface area contributed by atoms with Gasteiger partial charge in [-0.05, 0) is 61.1 Å². The van der Waals surface area contributed by atoms with Crippen LogP contribution in [-0.4, -0.2) is 71.9 Å². The monoisotopic (exact) mass is 808 g/mol. The molecular weight excluding hydrogens is 774 g/mol. The molecule has 1 aromatic carbocycles. The van der Waals surface area contributed by atoms with Gasteiger partial charge >= 0.3 is 12.4 Å². The van der Waals surface area contributed by atoms with Crippen LogP contribution in [0.3, 0.4) is 0 Å². The third-order valence-corrected chi connectivity index (χ3v) is 11.0. The normalized spacial score (nSPS) is 20.8. The molecule has 0 radical (unpaired) electrons. The molecule has 5 rings (SSSR count). The van der Waals surface area contributed by atoms with Crippen LogP contribution in [0.25, 0.3) is 0 Å². The van der Waals surface area contributed by atoms with E-state index in [1.54, 1.807) is 25.1 Å². The van der Waals surface area contributed by atoms with E-state index >= 15 is 4.79 Å². The molecule has 3 aromatic rings. The number of likely N-dealkylation sites (tertiary alicyclic amines) is 1. The third kappa shape index (κ3) is 8.91. The number of hydrogen-bond acceptors (Lipinski definition) is 8. The van der Waals surface area contributed by atoms with Crippen LogP contribution >= 0.6 is 22.9 Å². The molecule has 288 valence electrons. The van der Waals surface area contributed by atoms with Crippen molar-refractivity contribution in [2.24, 2.45) is 0 Å². The summed E-state index contributed by atoms with van der Waals surface area (Å²) < 4.78 is 115. The summed E-state index contributed by atoms with van der Waals surface area (Å²) in [5.41, 5.74) is -3.01. The summed E-state index contributed by atoms with van der Waals surface area (Å²) >= 11 is 6.58. The van der Waals surface area contributed by atoms with Crippen molar-refractivity contribution < 1.29 is 53.9 Å². The fraction of sp³-hybridized carbons (Fsp3) is 0.471. The van der Waals surface area contributed by atoms with Gasteiger partial charge in [0.15, 0.2) is 0 Å². The van der Waals surface area contributed by atoms with Crippen LogP contribution in [-0.2, 0) is 38.4 Å². The maximum atomic E-state index is 15.3. The standard InChI is InChI=1S/C34H35ClF6N4O6S2/c1-3-6-26-32(51-22-18-27(52-19-22)34(39,40)41,13-5-15-45(26)30(47)29-24(33(36,37)38)7-4-14-42-29)31(48)44-16-12-20-17-21(35)8-9-23(20)25(44)10-11-28(46)43-53(2,49)50/h4,7-9,14,17-19,25-26H,3,5-6,10-13,15-16H2,1-2H3,(H,43,46)/t25?,26-,32-/m1/s1. The predicted octanol–water partition coefficient (Wildman–Crippen LogP) is 7.04. The maximum Gasteiger partial charge on any atom is 0.425 e. The summed E-state index contributed by atoms with van der Waals surface area (Å²) in [6.07, 6.45) is -7.89. The van der Waals surface area contributed by atoms with Crippen LogP contribution in [0.2, 0.25) is 5.02 Å². The predicted molar refractivity (Wildman–Crippen MR) is 183 cm³/mol. The van der Waals surface area contributed by atoms with Gasteiger partial charge in [-0.1, -0.05) is 31.0 Å². The van der Waals surface area contributed by atoms with Gasteiger partial charge in [-0.2, -0.15) is 26.3 Å². The number of amides is 3. The lowest BCUT2D eigenvalue weighted by molar-refractivity contribution is -0.163. The van der Waals surface area contributed by atoms with Crippen molar-refractivity contribution in [2.45, 2.75) is 81.9 Å². The number of carbonyl (C=O) groups excluding carboxylic acids is 3. The number of aromatic nitrogens is 1. The number of pyridine rings is 1. The van der Waals surface area contributed by atoms with Crippen LogP contribution in [0.4, 0.5) is 26.3 Å². The van der Waals surface area contributed by atoms with E-state index < -0.39 is 73.9 Å². The van der Waals surface area contributed by atoms with E-state index in [2.05, 4.69) is 4.98 Å². The Labute approximate surface area is 310 Å². The van der Waals surface area contributed by atoms with Gasteiger partial charge in [-0.15, -0.1) is 11.3 Å². The SMILES string of the molecule is CCC[C@H]1N(C(=O)c2ncccc2C(F)(F)F)CCC[C@]1(Oc1csc(C(F)(F)F)c1)C(=O)N1CCc2cc(Cl)ccc2C1CCC(=O)NS(C)(=O)=O. The Balaban J connectivity index is 1.63. The van der Waals surface area contributed by atoms with Crippen molar-refractivity contribution in [3.8, 4) is 5.75 Å². The second-order valence-corrected chi connectivity index (χ2v) is 16.0. The minimum absolute atomic E-state index is 0.00165. The minimum Gasteiger partial charge on any atom is -0.474 e. The number of halogens is 7. The van der Waals surface area contributed by atoms with Crippen LogP contribution < -0.4 is 9.46 Å². The first kappa shape index (κ1) is 40.3. The molecule has 0 bridgehead atoms. The Kier molecular flexibility index (Phi) is 11.7. The first-order chi connectivity index (χ1) is 24.7. The summed E-state index contributed by atoms with van der Waals surface area (Å²) in [5.74, 6) is -3.07. The van der Waals surface area contributed by atoms with Crippen molar-refractivity contribution in [1.29, 1.82) is 0 Å². The number of piperidine rings is 1. The molecule has 3 amide bonds. The number of ether oxygens (including phenoxy) is 1. The molecule has 3 atom stereocenters. The zero-order chi connectivity index (χ0) is 38.9. The van der Waals surface area contributed by atoms with Crippen molar-refractivity contribution >= 4 is 50.7 Å². The van der Waals surface area contributed by atoms with Crippen LogP contribution in [0, 0.1) is 0 Å². The van der Waals surface area contributed by atoms with Gasteiger partial charge < -0.3 is 14.5 Å². The van der Waals surface area contributed by atoms with E-state index in [1.807, 2.05) is 4.72 Å². The number of benzene rings is 1. The Hall–Kier alpha value is -3.90. The van der Waals surface area contributed by atoms with E-state index in [0.717, 1.165) is 40.4 Å². The highest BCUT2D eigenvalue weighted by Crippen LogP contribution is 2.45. The lowest BCUT2D eigenvalue weighted by atomic mass is 9.78. The highest BCUT2D eigenvalue weighted by molar-refractivity contribution is 7.89. The van der Waals surface area contributed by atoms with E-state index in [9.17, 15) is 44.3 Å². The van der Waals surface area contributed by atoms with Crippen molar-refractivity contribution in [3.63, 3.8) is 0 Å². The Morgan fingerprint density at radius 2 is 1.79 bits per heavy atom. The average Bonchev–Trinajstić information content (AvgIpc) is 3.55. The topological polar surface area (TPSA) is 126 Å². The largest absolute Gasteiger partial charge is 0.474 e. The number of carbonyl (C=O) groups is 3. The van der Waals surface area contributed by atoms with E-state index in [0.29, 0.717) is 28.0 Å². The molecule has 1 saturated heterocycles. The summed E-state index contributed by atoms with van der Waals surface area (Å²) in [6.45, 7) is 1.60. The number of sulfonamides is 1. The molecule has 1 unspecified atom stereocenters. The third-order valence-electron chi connectivity index (χ3n) is 9.18. The van der Waals surface area contributed by atoms with Gasteiger partial charge in [0.1, 0.15) is 16.3 Å². The molecule has 1 fully saturated rings. The molecule has 10 nitrogen and oxygen atoms in total. The van der Waals surface area contributed by atoms with Crippen molar-refractivity contribution in [3.05, 3.63) is 80.3 Å². The molecular formula is C34H35ClF6N4O6S2. The van der Waals surface area contributed by atoms with Crippen LogP contribution in [0.5, 0.6) is 5.75 Å². The van der Waals surface area contributed by atoms with Gasteiger partial charge in [-0.3, -0.25) is 24.1 Å². The molecule has 2 aromatic heterocycles. The van der Waals surface area contributed by atoms with Gasteiger partial charge in [0.05, 0.1) is 23.9 Å². The van der Waals surface area contributed by atoms with Gasteiger partial charge in [0.25, 0.3) is 11.8 Å². The van der Waals surface area contributed by atoms with Crippen LogP contribution in [0.15, 0.2) is 48.0 Å². The fourth-order valence-corrected chi connectivity index (χ4v) is 8.47. The number of fused-ring (bicyclic) bond motifs is 1. The lowest BCUT2D eigenvalue weighted by Gasteiger charge is -2.51. The Morgan fingerprint density at radius 3 is 2.43 bits per heavy atom. The maximum absolute atomic E-state index is 15.3.